The van der Waals surface area contributed by atoms with Crippen LogP contribution in [0.4, 0.5) is 0 Å². The quantitative estimate of drug-likeness (QED) is 0.771. The van der Waals surface area contributed by atoms with E-state index < -0.39 is 0 Å². The molecule has 19 heavy (non-hydrogen) atoms. The van der Waals surface area contributed by atoms with Crippen molar-refractivity contribution < 1.29 is 4.74 Å². The summed E-state index contributed by atoms with van der Waals surface area (Å²) < 4.78 is 5.71. The van der Waals surface area contributed by atoms with Gasteiger partial charge in [0.2, 0.25) is 0 Å². The molecule has 0 unspecified atom stereocenters. The molecule has 2 aromatic carbocycles. The first-order valence-electron chi connectivity index (χ1n) is 6.54. The minimum absolute atomic E-state index is 0.0983. The average Bonchev–Trinajstić information content (AvgIpc) is 2.95. The lowest BCUT2D eigenvalue weighted by atomic mass is 9.96. The van der Waals surface area contributed by atoms with Gasteiger partial charge in [0.15, 0.2) is 0 Å². The standard InChI is InChI=1S/C18H16O/c1-3-7-15(8-4-1)11-12-17-13-14-19-18(17)16-9-5-2-6-10-16/h1-14,17-18H/b12-11+/t17-,18+/m0/s1. The van der Waals surface area contributed by atoms with Crippen LogP contribution in [0.3, 0.4) is 0 Å². The normalized spacial score (nSPS) is 21.7. The van der Waals surface area contributed by atoms with Crippen molar-refractivity contribution in [3.05, 3.63) is 90.2 Å². The van der Waals surface area contributed by atoms with Gasteiger partial charge >= 0.3 is 0 Å². The lowest BCUT2D eigenvalue weighted by Gasteiger charge is -2.16. The Labute approximate surface area is 113 Å². The first kappa shape index (κ1) is 11.8. The summed E-state index contributed by atoms with van der Waals surface area (Å²) in [5.74, 6) is 0.294. The van der Waals surface area contributed by atoms with E-state index in [2.05, 4.69) is 66.8 Å². The van der Waals surface area contributed by atoms with Crippen molar-refractivity contribution in [1.82, 2.24) is 0 Å². The summed E-state index contributed by atoms with van der Waals surface area (Å²) in [6, 6.07) is 20.7. The molecule has 0 aliphatic carbocycles. The van der Waals surface area contributed by atoms with E-state index in [9.17, 15) is 0 Å². The van der Waals surface area contributed by atoms with Gasteiger partial charge in [0.25, 0.3) is 0 Å². The molecule has 1 nitrogen and oxygen atoms in total. The van der Waals surface area contributed by atoms with Crippen molar-refractivity contribution >= 4 is 6.08 Å². The minimum atomic E-state index is 0.0983. The van der Waals surface area contributed by atoms with E-state index in [0.717, 1.165) is 0 Å². The Morgan fingerprint density at radius 1 is 0.842 bits per heavy atom. The molecule has 0 bridgehead atoms. The molecule has 0 radical (unpaired) electrons. The third kappa shape index (κ3) is 2.76. The topological polar surface area (TPSA) is 9.23 Å². The Balaban J connectivity index is 1.77. The Morgan fingerprint density at radius 2 is 1.53 bits per heavy atom. The van der Waals surface area contributed by atoms with Crippen LogP contribution in [0.5, 0.6) is 0 Å². The number of hydrogen-bond acceptors (Lipinski definition) is 1. The third-order valence-electron chi connectivity index (χ3n) is 3.31. The van der Waals surface area contributed by atoms with E-state index in [0.29, 0.717) is 5.92 Å². The van der Waals surface area contributed by atoms with Crippen molar-refractivity contribution in [3.63, 3.8) is 0 Å². The summed E-state index contributed by atoms with van der Waals surface area (Å²) in [5, 5.41) is 0. The van der Waals surface area contributed by atoms with Gasteiger partial charge in [-0.05, 0) is 17.2 Å². The fourth-order valence-corrected chi connectivity index (χ4v) is 2.31. The van der Waals surface area contributed by atoms with E-state index in [4.69, 9.17) is 4.74 Å². The summed E-state index contributed by atoms with van der Waals surface area (Å²) in [5.41, 5.74) is 2.44. The van der Waals surface area contributed by atoms with E-state index in [1.165, 1.54) is 11.1 Å². The predicted molar refractivity (Wildman–Crippen MR) is 78.4 cm³/mol. The molecule has 0 fully saturated rings. The van der Waals surface area contributed by atoms with Gasteiger partial charge in [0.05, 0.1) is 6.26 Å². The summed E-state index contributed by atoms with van der Waals surface area (Å²) in [6.45, 7) is 0. The van der Waals surface area contributed by atoms with Crippen LogP contribution in [-0.2, 0) is 4.74 Å². The molecule has 1 heteroatoms. The molecule has 0 aromatic heterocycles. The molecule has 0 N–H and O–H groups in total. The first-order chi connectivity index (χ1) is 9.43. The van der Waals surface area contributed by atoms with Crippen LogP contribution in [0.2, 0.25) is 0 Å². The second-order valence-corrected chi connectivity index (χ2v) is 4.64. The molecule has 0 saturated carbocycles. The Kier molecular flexibility index (Phi) is 3.46. The maximum Gasteiger partial charge on any atom is 0.133 e. The molecule has 1 aliphatic rings. The van der Waals surface area contributed by atoms with Crippen LogP contribution in [0.15, 0.2) is 79.1 Å². The van der Waals surface area contributed by atoms with Gasteiger partial charge in [0.1, 0.15) is 6.10 Å². The van der Waals surface area contributed by atoms with E-state index in [1.807, 2.05) is 12.1 Å². The lowest BCUT2D eigenvalue weighted by molar-refractivity contribution is 0.151. The van der Waals surface area contributed by atoms with Crippen LogP contribution < -0.4 is 0 Å². The zero-order valence-electron chi connectivity index (χ0n) is 10.6. The van der Waals surface area contributed by atoms with E-state index >= 15 is 0 Å². The maximum absolute atomic E-state index is 5.71. The van der Waals surface area contributed by atoms with Crippen molar-refractivity contribution in [2.24, 2.45) is 5.92 Å². The molecular formula is C18H16O. The Morgan fingerprint density at radius 3 is 2.26 bits per heavy atom. The molecule has 2 aromatic rings. The number of benzene rings is 2. The van der Waals surface area contributed by atoms with Crippen molar-refractivity contribution in [2.45, 2.75) is 6.10 Å². The fraction of sp³-hybridized carbons (Fsp3) is 0.111. The minimum Gasteiger partial charge on any atom is -0.493 e. The van der Waals surface area contributed by atoms with Gasteiger partial charge < -0.3 is 4.74 Å². The summed E-state index contributed by atoms with van der Waals surface area (Å²) in [7, 11) is 0. The van der Waals surface area contributed by atoms with Gasteiger partial charge in [0, 0.05) is 5.92 Å². The van der Waals surface area contributed by atoms with Gasteiger partial charge in [-0.15, -0.1) is 0 Å². The number of ether oxygens (including phenoxy) is 1. The van der Waals surface area contributed by atoms with Crippen LogP contribution in [-0.4, -0.2) is 0 Å². The molecule has 94 valence electrons. The Hall–Kier alpha value is -2.28. The fourth-order valence-electron chi connectivity index (χ4n) is 2.31. The highest BCUT2D eigenvalue weighted by atomic mass is 16.5. The zero-order valence-corrected chi connectivity index (χ0v) is 10.6. The highest BCUT2D eigenvalue weighted by molar-refractivity contribution is 5.50. The highest BCUT2D eigenvalue weighted by Gasteiger charge is 2.23. The SMILES string of the molecule is C1=C[C@H](/C=C/c2ccccc2)[C@@H](c2ccccc2)O1. The smallest absolute Gasteiger partial charge is 0.133 e. The number of rotatable bonds is 3. The summed E-state index contributed by atoms with van der Waals surface area (Å²) in [6.07, 6.45) is 8.37. The van der Waals surface area contributed by atoms with Gasteiger partial charge in [-0.2, -0.15) is 0 Å². The van der Waals surface area contributed by atoms with Crippen molar-refractivity contribution in [2.75, 3.05) is 0 Å². The second-order valence-electron chi connectivity index (χ2n) is 4.64. The molecule has 2 atom stereocenters. The molecular weight excluding hydrogens is 232 g/mol. The summed E-state index contributed by atoms with van der Waals surface area (Å²) in [4.78, 5) is 0. The monoisotopic (exact) mass is 248 g/mol. The van der Waals surface area contributed by atoms with E-state index in [1.54, 1.807) is 6.26 Å². The molecule has 0 amide bonds. The third-order valence-corrected chi connectivity index (χ3v) is 3.31. The summed E-state index contributed by atoms with van der Waals surface area (Å²) >= 11 is 0. The van der Waals surface area contributed by atoms with Crippen molar-refractivity contribution in [3.8, 4) is 0 Å². The lowest BCUT2D eigenvalue weighted by Crippen LogP contribution is -2.05. The van der Waals surface area contributed by atoms with Gasteiger partial charge in [-0.25, -0.2) is 0 Å². The molecule has 1 aliphatic heterocycles. The predicted octanol–water partition coefficient (Wildman–Crippen LogP) is 4.60. The molecule has 1 heterocycles. The highest BCUT2D eigenvalue weighted by Crippen LogP contribution is 2.33. The Bertz CT molecular complexity index is 569. The second kappa shape index (κ2) is 5.57. The first-order valence-corrected chi connectivity index (χ1v) is 6.54. The van der Waals surface area contributed by atoms with Crippen LogP contribution in [0.1, 0.15) is 17.2 Å². The van der Waals surface area contributed by atoms with Crippen LogP contribution in [0, 0.1) is 5.92 Å². The molecule has 0 saturated heterocycles. The maximum atomic E-state index is 5.71. The molecule has 0 spiro atoms. The number of hydrogen-bond donors (Lipinski definition) is 0. The average molecular weight is 248 g/mol. The largest absolute Gasteiger partial charge is 0.493 e. The van der Waals surface area contributed by atoms with Crippen LogP contribution in [0.25, 0.3) is 6.08 Å². The zero-order chi connectivity index (χ0) is 12.9. The van der Waals surface area contributed by atoms with Crippen molar-refractivity contribution in [1.29, 1.82) is 0 Å². The molecule has 3 rings (SSSR count). The van der Waals surface area contributed by atoms with Crippen LogP contribution >= 0.6 is 0 Å². The van der Waals surface area contributed by atoms with Gasteiger partial charge in [-0.1, -0.05) is 72.8 Å². The van der Waals surface area contributed by atoms with E-state index in [-0.39, 0.29) is 6.10 Å². The van der Waals surface area contributed by atoms with Gasteiger partial charge in [-0.3, -0.25) is 0 Å².